The number of halogens is 1. The van der Waals surface area contributed by atoms with E-state index in [2.05, 4.69) is 35.1 Å². The molecule has 5 aromatic rings. The van der Waals surface area contributed by atoms with Gasteiger partial charge in [-0.3, -0.25) is 4.40 Å². The summed E-state index contributed by atoms with van der Waals surface area (Å²) >= 11 is 0. The number of hydrogen-bond acceptors (Lipinski definition) is 3. The number of aromatic nitrogens is 3. The quantitative estimate of drug-likeness (QED) is 0.108. The predicted molar refractivity (Wildman–Crippen MR) is 164 cm³/mol. The van der Waals surface area contributed by atoms with Crippen molar-refractivity contribution in [3.05, 3.63) is 131 Å². The number of hydrogen-bond donors (Lipinski definition) is 1. The molecule has 1 N–H and O–H groups in total. The second-order valence-corrected chi connectivity index (χ2v) is 9.99. The Balaban J connectivity index is 1.36. The number of benzene rings is 2. The van der Waals surface area contributed by atoms with Crippen LogP contribution in [0.2, 0.25) is 0 Å². The van der Waals surface area contributed by atoms with E-state index < -0.39 is 5.97 Å². The van der Waals surface area contributed by atoms with Crippen LogP contribution in [0.4, 0.5) is 4.39 Å². The summed E-state index contributed by atoms with van der Waals surface area (Å²) in [6.45, 7) is 6.16. The summed E-state index contributed by atoms with van der Waals surface area (Å²) in [5.74, 6) is -0.414. The average molecular weight is 548 g/mol. The van der Waals surface area contributed by atoms with Gasteiger partial charge < -0.3 is 9.72 Å². The largest absolute Gasteiger partial charge is 0.460 e. The van der Waals surface area contributed by atoms with E-state index in [1.54, 1.807) is 17.5 Å². The summed E-state index contributed by atoms with van der Waals surface area (Å²) in [5.41, 5.74) is 7.82. The molecular formula is C35H34FN3O2. The second kappa shape index (κ2) is 12.6. The molecule has 0 unspecified atom stereocenters. The third-order valence-electron chi connectivity index (χ3n) is 7.28. The Hall–Kier alpha value is -4.71. The van der Waals surface area contributed by atoms with Gasteiger partial charge in [0.05, 0.1) is 18.3 Å². The molecule has 3 heterocycles. The Morgan fingerprint density at radius 2 is 1.95 bits per heavy atom. The van der Waals surface area contributed by atoms with Crippen molar-refractivity contribution in [2.24, 2.45) is 0 Å². The smallest absolute Gasteiger partial charge is 0.374 e. The number of rotatable bonds is 10. The van der Waals surface area contributed by atoms with Crippen molar-refractivity contribution in [3.8, 4) is 0 Å². The highest BCUT2D eigenvalue weighted by atomic mass is 19.1. The third kappa shape index (κ3) is 6.07. The molecule has 2 aromatic carbocycles. The molecule has 208 valence electrons. The Labute approximate surface area is 239 Å². The fourth-order valence-electron chi connectivity index (χ4n) is 5.17. The number of ether oxygens (including phenoxy) is 1. The third-order valence-corrected chi connectivity index (χ3v) is 7.28. The monoisotopic (exact) mass is 547 g/mol. The SMILES string of the molecule is CC=CC=CC(=C(CC)c1ccc(F)c(C)c1)c1ccn2c(C(=O)OCCCc3c[nH]c4ccccc34)ncc2c1. The van der Waals surface area contributed by atoms with Crippen LogP contribution in [0.5, 0.6) is 0 Å². The number of carbonyl (C=O) groups excluding carboxylic acids is 1. The van der Waals surface area contributed by atoms with Crippen LogP contribution in [0, 0.1) is 12.7 Å². The lowest BCUT2D eigenvalue weighted by Gasteiger charge is -2.14. The van der Waals surface area contributed by atoms with Gasteiger partial charge in [0.25, 0.3) is 0 Å². The number of esters is 1. The number of nitrogens with zero attached hydrogens (tertiary/aromatic N) is 2. The number of nitrogens with one attached hydrogen (secondary N) is 1. The summed E-state index contributed by atoms with van der Waals surface area (Å²) in [4.78, 5) is 20.6. The Kier molecular flexibility index (Phi) is 8.59. The van der Waals surface area contributed by atoms with Crippen molar-refractivity contribution < 1.29 is 13.9 Å². The van der Waals surface area contributed by atoms with E-state index in [9.17, 15) is 9.18 Å². The molecule has 0 spiro atoms. The standard InChI is InChI=1S/C35H34FN3O2/c1-4-6-7-12-30(29(5-2)25-15-16-32(36)24(3)20-25)26-17-18-39-28(21-26)23-38-34(39)35(40)41-19-10-11-27-22-37-33-14-9-8-13-31(27)33/h4,6-9,12-18,20-23,37H,5,10-11,19H2,1-3H3. The number of H-pyrrole nitrogens is 1. The van der Waals surface area contributed by atoms with E-state index in [4.69, 9.17) is 4.74 Å². The molecule has 3 aromatic heterocycles. The first kappa shape index (κ1) is 27.8. The molecular weight excluding hydrogens is 513 g/mol. The maximum atomic E-state index is 14.0. The zero-order chi connectivity index (χ0) is 28.8. The van der Waals surface area contributed by atoms with Gasteiger partial charge in [-0.2, -0.15) is 0 Å². The Bertz CT molecular complexity index is 1790. The molecule has 41 heavy (non-hydrogen) atoms. The molecule has 0 aliphatic heterocycles. The summed E-state index contributed by atoms with van der Waals surface area (Å²) in [6, 6.07) is 17.4. The van der Waals surface area contributed by atoms with E-state index in [-0.39, 0.29) is 11.6 Å². The number of imidazole rings is 1. The van der Waals surface area contributed by atoms with E-state index >= 15 is 0 Å². The topological polar surface area (TPSA) is 59.4 Å². The van der Waals surface area contributed by atoms with Crippen molar-refractivity contribution >= 4 is 33.5 Å². The van der Waals surface area contributed by atoms with E-state index in [0.717, 1.165) is 52.6 Å². The van der Waals surface area contributed by atoms with Gasteiger partial charge in [-0.1, -0.05) is 55.5 Å². The number of fused-ring (bicyclic) bond motifs is 2. The Morgan fingerprint density at radius 3 is 2.76 bits per heavy atom. The predicted octanol–water partition coefficient (Wildman–Crippen LogP) is 8.51. The molecule has 5 nitrogen and oxygen atoms in total. The van der Waals surface area contributed by atoms with E-state index in [1.807, 2.05) is 73.9 Å². The normalized spacial score (nSPS) is 12.6. The number of allylic oxidation sites excluding steroid dienone is 6. The number of para-hydroxylation sites is 1. The van der Waals surface area contributed by atoms with Gasteiger partial charge in [-0.05, 0) is 96.8 Å². The highest BCUT2D eigenvalue weighted by molar-refractivity contribution is 5.96. The fraction of sp³-hybridized carbons (Fsp3) is 0.200. The first-order valence-corrected chi connectivity index (χ1v) is 14.0. The lowest BCUT2D eigenvalue weighted by molar-refractivity contribution is 0.0485. The van der Waals surface area contributed by atoms with Crippen molar-refractivity contribution in [2.45, 2.75) is 40.0 Å². The number of pyridine rings is 1. The van der Waals surface area contributed by atoms with Gasteiger partial charge >= 0.3 is 5.97 Å². The summed E-state index contributed by atoms with van der Waals surface area (Å²) < 4.78 is 21.4. The zero-order valence-electron chi connectivity index (χ0n) is 23.7. The van der Waals surface area contributed by atoms with Gasteiger partial charge in [-0.15, -0.1) is 0 Å². The summed E-state index contributed by atoms with van der Waals surface area (Å²) in [5, 5.41) is 1.20. The molecule has 0 bridgehead atoms. The minimum atomic E-state index is -0.448. The van der Waals surface area contributed by atoms with Crippen molar-refractivity contribution in [2.75, 3.05) is 6.61 Å². The molecule has 0 amide bonds. The lowest BCUT2D eigenvalue weighted by Crippen LogP contribution is -2.11. The molecule has 5 rings (SSSR count). The minimum absolute atomic E-state index is 0.215. The fourth-order valence-corrected chi connectivity index (χ4v) is 5.17. The maximum Gasteiger partial charge on any atom is 0.374 e. The van der Waals surface area contributed by atoms with E-state index in [1.165, 1.54) is 17.0 Å². The molecule has 0 saturated heterocycles. The first-order chi connectivity index (χ1) is 20.0. The van der Waals surface area contributed by atoms with Crippen molar-refractivity contribution in [1.82, 2.24) is 14.4 Å². The van der Waals surface area contributed by atoms with Gasteiger partial charge in [0.2, 0.25) is 5.82 Å². The summed E-state index contributed by atoms with van der Waals surface area (Å²) in [7, 11) is 0. The van der Waals surface area contributed by atoms with Crippen LogP contribution in [0.3, 0.4) is 0 Å². The lowest BCUT2D eigenvalue weighted by atomic mass is 9.92. The zero-order valence-corrected chi connectivity index (χ0v) is 23.7. The molecule has 0 aliphatic rings. The van der Waals surface area contributed by atoms with Crippen molar-refractivity contribution in [3.63, 3.8) is 0 Å². The highest BCUT2D eigenvalue weighted by Crippen LogP contribution is 2.32. The average Bonchev–Trinajstić information content (AvgIpc) is 3.60. The molecule has 0 saturated carbocycles. The van der Waals surface area contributed by atoms with Gasteiger partial charge in [0.15, 0.2) is 0 Å². The minimum Gasteiger partial charge on any atom is -0.460 e. The number of carbonyl (C=O) groups is 1. The second-order valence-electron chi connectivity index (χ2n) is 9.99. The molecule has 0 atom stereocenters. The maximum absolute atomic E-state index is 14.0. The van der Waals surface area contributed by atoms with Crippen LogP contribution >= 0.6 is 0 Å². The molecule has 0 fully saturated rings. The highest BCUT2D eigenvalue weighted by Gasteiger charge is 2.16. The van der Waals surface area contributed by atoms with Crippen LogP contribution < -0.4 is 0 Å². The van der Waals surface area contributed by atoms with Gasteiger partial charge in [-0.25, -0.2) is 14.2 Å². The summed E-state index contributed by atoms with van der Waals surface area (Å²) in [6.07, 6.45) is 15.9. The first-order valence-electron chi connectivity index (χ1n) is 14.0. The number of aryl methyl sites for hydroxylation is 2. The number of aromatic amines is 1. The van der Waals surface area contributed by atoms with Crippen LogP contribution in [0.1, 0.15) is 59.6 Å². The van der Waals surface area contributed by atoms with Crippen LogP contribution in [-0.2, 0) is 11.2 Å². The molecule has 6 heteroatoms. The Morgan fingerprint density at radius 1 is 1.10 bits per heavy atom. The molecule has 0 radical (unpaired) electrons. The van der Waals surface area contributed by atoms with Crippen LogP contribution in [0.25, 0.3) is 27.6 Å². The molecule has 0 aliphatic carbocycles. The van der Waals surface area contributed by atoms with Gasteiger partial charge in [0, 0.05) is 23.3 Å². The van der Waals surface area contributed by atoms with Crippen LogP contribution in [-0.4, -0.2) is 26.9 Å². The van der Waals surface area contributed by atoms with Crippen LogP contribution in [0.15, 0.2) is 97.5 Å². The van der Waals surface area contributed by atoms with Gasteiger partial charge in [0.1, 0.15) is 5.82 Å². The van der Waals surface area contributed by atoms with Crippen molar-refractivity contribution in [1.29, 1.82) is 0 Å². The van der Waals surface area contributed by atoms with E-state index in [0.29, 0.717) is 12.2 Å².